The normalized spacial score (nSPS) is 22.1. The van der Waals surface area contributed by atoms with Gasteiger partial charge in [0.15, 0.2) is 6.61 Å². The van der Waals surface area contributed by atoms with Crippen LogP contribution < -0.4 is 5.32 Å². The van der Waals surface area contributed by atoms with E-state index in [2.05, 4.69) is 26.1 Å². The summed E-state index contributed by atoms with van der Waals surface area (Å²) in [5.74, 6) is -0.284. The van der Waals surface area contributed by atoms with Crippen molar-refractivity contribution in [3.05, 3.63) is 35.9 Å². The zero-order valence-corrected chi connectivity index (χ0v) is 16.3. The van der Waals surface area contributed by atoms with Gasteiger partial charge in [0.05, 0.1) is 0 Å². The lowest BCUT2D eigenvalue weighted by Crippen LogP contribution is -2.37. The summed E-state index contributed by atoms with van der Waals surface area (Å²) in [6.07, 6.45) is 2.91. The van der Waals surface area contributed by atoms with Crippen LogP contribution in [0.25, 0.3) is 0 Å². The number of benzene rings is 1. The summed E-state index contributed by atoms with van der Waals surface area (Å²) in [7, 11) is 0. The number of hydrogen-bond donors (Lipinski definition) is 1. The van der Waals surface area contributed by atoms with E-state index in [1.54, 1.807) is 30.3 Å². The van der Waals surface area contributed by atoms with Gasteiger partial charge in [0.1, 0.15) is 12.6 Å². The molecule has 1 amide bonds. The Bertz CT molecular complexity index is 643. The quantitative estimate of drug-likeness (QED) is 0.741. The average molecular weight is 375 g/mol. The Morgan fingerprint density at radius 1 is 1.11 bits per heavy atom. The topological polar surface area (TPSA) is 81.7 Å². The summed E-state index contributed by atoms with van der Waals surface area (Å²) in [5, 5.41) is 2.47. The molecule has 3 atom stereocenters. The molecule has 1 aromatic carbocycles. The number of nitrogens with one attached hydrogen (secondary N) is 1. The highest BCUT2D eigenvalue weighted by Crippen LogP contribution is 2.35. The van der Waals surface area contributed by atoms with Gasteiger partial charge in [-0.25, -0.2) is 4.79 Å². The number of rotatable bonds is 7. The Morgan fingerprint density at radius 2 is 1.81 bits per heavy atom. The lowest BCUT2D eigenvalue weighted by molar-refractivity contribution is -0.166. The van der Waals surface area contributed by atoms with Crippen LogP contribution >= 0.6 is 0 Å². The van der Waals surface area contributed by atoms with Crippen molar-refractivity contribution in [3.8, 4) is 0 Å². The first-order chi connectivity index (χ1) is 12.9. The molecule has 1 N–H and O–H groups in total. The van der Waals surface area contributed by atoms with Gasteiger partial charge in [0, 0.05) is 5.56 Å². The maximum absolute atomic E-state index is 12.1. The minimum absolute atomic E-state index is 0.127. The summed E-state index contributed by atoms with van der Waals surface area (Å²) >= 11 is 0. The van der Waals surface area contributed by atoms with Gasteiger partial charge >= 0.3 is 11.9 Å². The van der Waals surface area contributed by atoms with Gasteiger partial charge in [-0.05, 0) is 42.7 Å². The molecule has 0 saturated heterocycles. The van der Waals surface area contributed by atoms with Crippen LogP contribution in [0.15, 0.2) is 30.3 Å². The van der Waals surface area contributed by atoms with Gasteiger partial charge in [-0.3, -0.25) is 9.59 Å². The zero-order chi connectivity index (χ0) is 19.8. The van der Waals surface area contributed by atoms with Crippen molar-refractivity contribution in [1.29, 1.82) is 0 Å². The number of hydrogen-bond acceptors (Lipinski definition) is 5. The highest BCUT2D eigenvalue weighted by atomic mass is 16.6. The molecule has 6 heteroatoms. The maximum Gasteiger partial charge on any atom is 0.344 e. The molecule has 0 aliphatic heterocycles. The molecule has 1 aliphatic carbocycles. The number of carbonyl (C=O) groups excluding carboxylic acids is 3. The molecule has 0 unspecified atom stereocenters. The monoisotopic (exact) mass is 375 g/mol. The van der Waals surface area contributed by atoms with Crippen LogP contribution in [0, 0.1) is 17.8 Å². The van der Waals surface area contributed by atoms with Crippen LogP contribution in [0.3, 0.4) is 0 Å². The Labute approximate surface area is 160 Å². The Balaban J connectivity index is 1.72. The first-order valence-corrected chi connectivity index (χ1v) is 9.55. The standard InChI is InChI=1S/C21H29NO5/c1-14(2)17-10-9-15(3)11-18(17)27-20(24)13-26-19(23)12-22-21(25)16-7-5-4-6-8-16/h4-8,14-15,17-18H,9-13H2,1-3H3,(H,22,25)/t15-,17+,18+/m0/s1. The molecular formula is C21H29NO5. The molecule has 1 saturated carbocycles. The first kappa shape index (κ1) is 20.9. The molecule has 0 spiro atoms. The fraction of sp³-hybridized carbons (Fsp3) is 0.571. The van der Waals surface area contributed by atoms with E-state index in [0.717, 1.165) is 19.3 Å². The SMILES string of the molecule is CC(C)[C@H]1CC[C@H](C)C[C@H]1OC(=O)COC(=O)CNC(=O)c1ccccc1. The number of ether oxygens (including phenoxy) is 2. The summed E-state index contributed by atoms with van der Waals surface area (Å²) in [6, 6.07) is 8.57. The van der Waals surface area contributed by atoms with Crippen LogP contribution in [0.4, 0.5) is 0 Å². The predicted molar refractivity (Wildman–Crippen MR) is 101 cm³/mol. The molecule has 27 heavy (non-hydrogen) atoms. The van der Waals surface area contributed by atoms with Gasteiger partial charge < -0.3 is 14.8 Å². The van der Waals surface area contributed by atoms with Crippen LogP contribution in [-0.4, -0.2) is 37.1 Å². The Morgan fingerprint density at radius 3 is 2.48 bits per heavy atom. The van der Waals surface area contributed by atoms with Crippen molar-refractivity contribution >= 4 is 17.8 Å². The summed E-state index contributed by atoms with van der Waals surface area (Å²) in [4.78, 5) is 35.7. The zero-order valence-electron chi connectivity index (χ0n) is 16.3. The molecule has 0 bridgehead atoms. The van der Waals surface area contributed by atoms with Crippen molar-refractivity contribution < 1.29 is 23.9 Å². The van der Waals surface area contributed by atoms with Crippen molar-refractivity contribution in [3.63, 3.8) is 0 Å². The van der Waals surface area contributed by atoms with Crippen molar-refractivity contribution in [2.24, 2.45) is 17.8 Å². The minimum Gasteiger partial charge on any atom is -0.460 e. The van der Waals surface area contributed by atoms with Gasteiger partial charge in [-0.2, -0.15) is 0 Å². The highest BCUT2D eigenvalue weighted by molar-refractivity contribution is 5.95. The molecule has 1 aromatic rings. The maximum atomic E-state index is 12.1. The second-order valence-electron chi connectivity index (χ2n) is 7.56. The van der Waals surface area contributed by atoms with Crippen molar-refractivity contribution in [2.45, 2.75) is 46.1 Å². The third kappa shape index (κ3) is 6.70. The largest absolute Gasteiger partial charge is 0.460 e. The summed E-state index contributed by atoms with van der Waals surface area (Å²) < 4.78 is 10.5. The third-order valence-corrected chi connectivity index (χ3v) is 5.02. The molecule has 6 nitrogen and oxygen atoms in total. The molecule has 0 heterocycles. The summed E-state index contributed by atoms with van der Waals surface area (Å²) in [6.45, 7) is 5.70. The van der Waals surface area contributed by atoms with Crippen molar-refractivity contribution in [2.75, 3.05) is 13.2 Å². The fourth-order valence-corrected chi connectivity index (χ4v) is 3.49. The van der Waals surface area contributed by atoms with Crippen LogP contribution in [-0.2, 0) is 19.1 Å². The van der Waals surface area contributed by atoms with Gasteiger partial charge in [-0.1, -0.05) is 45.4 Å². The fourth-order valence-electron chi connectivity index (χ4n) is 3.49. The van der Waals surface area contributed by atoms with E-state index in [9.17, 15) is 14.4 Å². The molecule has 0 radical (unpaired) electrons. The van der Waals surface area contributed by atoms with Crippen molar-refractivity contribution in [1.82, 2.24) is 5.32 Å². The minimum atomic E-state index is -0.673. The second kappa shape index (κ2) is 10.1. The van der Waals surface area contributed by atoms with Crippen LogP contribution in [0.1, 0.15) is 50.4 Å². The van der Waals surface area contributed by atoms with E-state index < -0.39 is 18.5 Å². The van der Waals surface area contributed by atoms with Gasteiger partial charge in [0.2, 0.25) is 0 Å². The Hall–Kier alpha value is -2.37. The molecule has 1 fully saturated rings. The highest BCUT2D eigenvalue weighted by Gasteiger charge is 2.33. The lowest BCUT2D eigenvalue weighted by atomic mass is 9.75. The van der Waals surface area contributed by atoms with E-state index >= 15 is 0 Å². The van der Waals surface area contributed by atoms with E-state index in [1.807, 2.05) is 0 Å². The Kier molecular flexibility index (Phi) is 7.82. The molecule has 148 valence electrons. The van der Waals surface area contributed by atoms with E-state index in [0.29, 0.717) is 23.3 Å². The lowest BCUT2D eigenvalue weighted by Gasteiger charge is -2.36. The van der Waals surface area contributed by atoms with Gasteiger partial charge in [-0.15, -0.1) is 0 Å². The third-order valence-electron chi connectivity index (χ3n) is 5.02. The number of esters is 2. The second-order valence-corrected chi connectivity index (χ2v) is 7.56. The number of carbonyl (C=O) groups is 3. The van der Waals surface area contributed by atoms with E-state index in [1.165, 1.54) is 0 Å². The van der Waals surface area contributed by atoms with E-state index in [-0.39, 0.29) is 18.6 Å². The van der Waals surface area contributed by atoms with E-state index in [4.69, 9.17) is 9.47 Å². The number of amides is 1. The molecule has 2 rings (SSSR count). The first-order valence-electron chi connectivity index (χ1n) is 9.55. The average Bonchev–Trinajstić information content (AvgIpc) is 2.65. The van der Waals surface area contributed by atoms with Crippen LogP contribution in [0.2, 0.25) is 0 Å². The molecular weight excluding hydrogens is 346 g/mol. The summed E-state index contributed by atoms with van der Waals surface area (Å²) in [5.41, 5.74) is 0.454. The predicted octanol–water partition coefficient (Wildman–Crippen LogP) is 2.96. The molecule has 1 aliphatic rings. The van der Waals surface area contributed by atoms with Gasteiger partial charge in [0.25, 0.3) is 5.91 Å². The van der Waals surface area contributed by atoms with Crippen LogP contribution in [0.5, 0.6) is 0 Å². The smallest absolute Gasteiger partial charge is 0.344 e. The molecule has 0 aromatic heterocycles.